The van der Waals surface area contributed by atoms with Gasteiger partial charge in [-0.05, 0) is 49.8 Å². The van der Waals surface area contributed by atoms with E-state index in [0.29, 0.717) is 30.8 Å². The second-order valence-electron chi connectivity index (χ2n) is 8.30. The minimum atomic E-state index is -0.679. The van der Waals surface area contributed by atoms with Gasteiger partial charge in [0.1, 0.15) is 6.04 Å². The second-order valence-corrected chi connectivity index (χ2v) is 8.30. The molecule has 3 N–H and O–H groups in total. The molecule has 2 saturated heterocycles. The molecule has 1 aromatic rings. The monoisotopic (exact) mass is 437 g/mol. The number of rotatable bonds is 4. The van der Waals surface area contributed by atoms with Crippen molar-refractivity contribution in [3.63, 3.8) is 0 Å². The van der Waals surface area contributed by atoms with Crippen LogP contribution in [-0.4, -0.2) is 65.7 Å². The molecule has 10 nitrogen and oxygen atoms in total. The molecule has 3 aliphatic heterocycles. The molecule has 1 unspecified atom stereocenters. The minimum Gasteiger partial charge on any atom is -0.341 e. The van der Waals surface area contributed by atoms with E-state index in [9.17, 15) is 14.4 Å². The van der Waals surface area contributed by atoms with Crippen molar-refractivity contribution in [3.8, 4) is 6.19 Å². The summed E-state index contributed by atoms with van der Waals surface area (Å²) in [7, 11) is 0. The van der Waals surface area contributed by atoms with Crippen molar-refractivity contribution in [2.45, 2.75) is 44.6 Å². The third kappa shape index (κ3) is 4.99. The average Bonchev–Trinajstić information content (AvgIpc) is 3.39. The van der Waals surface area contributed by atoms with E-state index in [4.69, 9.17) is 5.26 Å². The summed E-state index contributed by atoms with van der Waals surface area (Å²) in [6, 6.07) is 4.72. The van der Waals surface area contributed by atoms with Crippen LogP contribution in [0.4, 0.5) is 11.4 Å². The van der Waals surface area contributed by atoms with Crippen molar-refractivity contribution in [1.82, 2.24) is 15.1 Å². The lowest BCUT2D eigenvalue weighted by molar-refractivity contribution is -0.140. The first-order chi connectivity index (χ1) is 15.5. The number of likely N-dealkylation sites (tertiary alicyclic amines) is 2. The fourth-order valence-corrected chi connectivity index (χ4v) is 4.32. The van der Waals surface area contributed by atoms with Crippen molar-refractivity contribution in [2.75, 3.05) is 36.8 Å². The molecule has 3 amide bonds. The van der Waals surface area contributed by atoms with Gasteiger partial charge in [-0.15, -0.1) is 0 Å². The van der Waals surface area contributed by atoms with Crippen LogP contribution >= 0.6 is 0 Å². The van der Waals surface area contributed by atoms with E-state index < -0.39 is 6.04 Å². The molecule has 3 aliphatic rings. The van der Waals surface area contributed by atoms with Gasteiger partial charge in [-0.1, -0.05) is 6.07 Å². The van der Waals surface area contributed by atoms with Crippen molar-refractivity contribution in [1.29, 1.82) is 5.26 Å². The molecule has 168 valence electrons. The smallest absolute Gasteiger partial charge is 0.247 e. The van der Waals surface area contributed by atoms with Crippen molar-refractivity contribution >= 4 is 35.1 Å². The fourth-order valence-electron chi connectivity index (χ4n) is 4.32. The minimum absolute atomic E-state index is 0.0193. The summed E-state index contributed by atoms with van der Waals surface area (Å²) < 4.78 is 0. The second kappa shape index (κ2) is 9.68. The van der Waals surface area contributed by atoms with E-state index in [1.807, 2.05) is 17.2 Å². The molecule has 0 bridgehead atoms. The molecule has 32 heavy (non-hydrogen) atoms. The van der Waals surface area contributed by atoms with Gasteiger partial charge in [0.05, 0.1) is 13.0 Å². The van der Waals surface area contributed by atoms with Crippen LogP contribution in [0.5, 0.6) is 0 Å². The Hall–Kier alpha value is -3.61. The molecule has 0 radical (unpaired) electrons. The number of hydrogen-bond donors (Lipinski definition) is 3. The lowest BCUT2D eigenvalue weighted by atomic mass is 10.1. The van der Waals surface area contributed by atoms with E-state index in [0.717, 1.165) is 44.3 Å². The van der Waals surface area contributed by atoms with Crippen LogP contribution in [-0.2, 0) is 20.8 Å². The maximum atomic E-state index is 13.1. The van der Waals surface area contributed by atoms with Gasteiger partial charge in [0.2, 0.25) is 23.7 Å². The Morgan fingerprint density at radius 3 is 2.75 bits per heavy atom. The van der Waals surface area contributed by atoms with Crippen molar-refractivity contribution < 1.29 is 14.4 Å². The van der Waals surface area contributed by atoms with Gasteiger partial charge in [0, 0.05) is 31.0 Å². The van der Waals surface area contributed by atoms with Crippen LogP contribution in [0, 0.1) is 11.5 Å². The number of anilines is 2. The Morgan fingerprint density at radius 1 is 1.19 bits per heavy atom. The summed E-state index contributed by atoms with van der Waals surface area (Å²) in [5.41, 5.74) is 2.26. The quantitative estimate of drug-likeness (QED) is 0.279. The zero-order valence-electron chi connectivity index (χ0n) is 17.9. The Labute approximate surface area is 186 Å². The molecular formula is C22H27N7O3. The largest absolute Gasteiger partial charge is 0.341 e. The molecule has 0 saturated carbocycles. The van der Waals surface area contributed by atoms with Gasteiger partial charge < -0.3 is 20.4 Å². The number of nitriles is 1. The molecule has 0 spiro atoms. The van der Waals surface area contributed by atoms with Crippen molar-refractivity contribution in [3.05, 3.63) is 23.8 Å². The standard InChI is InChI=1S/C22H27N7O3/c23-14-24-22(25-16-7-6-15-11-19(30)26-18(15)12-16)27-17-5-1-2-10-29(21(17)32)13-20(31)28-8-3-4-9-28/h6-7,12,17H,1-5,8-11,13H2,(H,26,30)(H2,24,25,27). The summed E-state index contributed by atoms with van der Waals surface area (Å²) in [4.78, 5) is 45.2. The number of carbonyl (C=O) groups excluding carboxylic acids is 3. The fraction of sp³-hybridized carbons (Fsp3) is 0.500. The van der Waals surface area contributed by atoms with Crippen LogP contribution in [0.15, 0.2) is 23.2 Å². The van der Waals surface area contributed by atoms with Gasteiger partial charge in [0.25, 0.3) is 0 Å². The number of amides is 3. The molecule has 10 heteroatoms. The third-order valence-corrected chi connectivity index (χ3v) is 5.99. The maximum absolute atomic E-state index is 13.1. The highest BCUT2D eigenvalue weighted by Crippen LogP contribution is 2.26. The summed E-state index contributed by atoms with van der Waals surface area (Å²) >= 11 is 0. The van der Waals surface area contributed by atoms with Gasteiger partial charge >= 0.3 is 0 Å². The van der Waals surface area contributed by atoms with E-state index in [-0.39, 0.29) is 30.2 Å². The Bertz CT molecular complexity index is 978. The molecule has 1 atom stereocenters. The SMILES string of the molecule is N#CNC(=NC1CCCCN(CC(=O)N2CCCC2)C1=O)Nc1ccc2c(c1)NC(=O)C2. The molecule has 3 heterocycles. The molecule has 4 rings (SSSR count). The lowest BCUT2D eigenvalue weighted by Gasteiger charge is -2.25. The van der Waals surface area contributed by atoms with E-state index >= 15 is 0 Å². The summed E-state index contributed by atoms with van der Waals surface area (Å²) in [6.07, 6.45) is 6.37. The predicted octanol–water partition coefficient (Wildman–Crippen LogP) is 1.02. The first-order valence-electron chi connectivity index (χ1n) is 11.0. The predicted molar refractivity (Wildman–Crippen MR) is 119 cm³/mol. The van der Waals surface area contributed by atoms with E-state index in [1.165, 1.54) is 0 Å². The van der Waals surface area contributed by atoms with Gasteiger partial charge in [-0.2, -0.15) is 5.26 Å². The highest BCUT2D eigenvalue weighted by atomic mass is 16.2. The number of aliphatic imine (C=N–C) groups is 1. The Kier molecular flexibility index (Phi) is 6.54. The molecule has 0 aliphatic carbocycles. The Morgan fingerprint density at radius 2 is 1.97 bits per heavy atom. The Balaban J connectivity index is 1.47. The van der Waals surface area contributed by atoms with Gasteiger partial charge in [0.15, 0.2) is 6.19 Å². The van der Waals surface area contributed by atoms with Crippen LogP contribution in [0.2, 0.25) is 0 Å². The maximum Gasteiger partial charge on any atom is 0.247 e. The zero-order valence-corrected chi connectivity index (χ0v) is 17.9. The molecule has 2 fully saturated rings. The van der Waals surface area contributed by atoms with E-state index in [1.54, 1.807) is 17.0 Å². The summed E-state index contributed by atoms with van der Waals surface area (Å²) in [5, 5.41) is 17.5. The average molecular weight is 438 g/mol. The topological polar surface area (TPSA) is 130 Å². The molecule has 1 aromatic carbocycles. The van der Waals surface area contributed by atoms with Crippen LogP contribution in [0.25, 0.3) is 0 Å². The van der Waals surface area contributed by atoms with E-state index in [2.05, 4.69) is 20.9 Å². The number of fused-ring (bicyclic) bond motifs is 1. The highest BCUT2D eigenvalue weighted by molar-refractivity contribution is 6.01. The van der Waals surface area contributed by atoms with Gasteiger partial charge in [-0.25, -0.2) is 4.99 Å². The number of hydrogen-bond acceptors (Lipinski definition) is 5. The first kappa shape index (κ1) is 21.6. The zero-order chi connectivity index (χ0) is 22.5. The number of nitrogens with zero attached hydrogens (tertiary/aromatic N) is 4. The molecule has 0 aromatic heterocycles. The molecular weight excluding hydrogens is 410 g/mol. The first-order valence-corrected chi connectivity index (χ1v) is 11.0. The van der Waals surface area contributed by atoms with Crippen molar-refractivity contribution in [2.24, 2.45) is 4.99 Å². The summed E-state index contributed by atoms with van der Waals surface area (Å²) in [5.74, 6) is -0.124. The third-order valence-electron chi connectivity index (χ3n) is 5.99. The number of nitrogens with one attached hydrogen (secondary N) is 3. The number of guanidine groups is 1. The van der Waals surface area contributed by atoms with Crippen LogP contribution in [0.1, 0.15) is 37.7 Å². The van der Waals surface area contributed by atoms with Crippen LogP contribution < -0.4 is 16.0 Å². The summed E-state index contributed by atoms with van der Waals surface area (Å²) in [6.45, 7) is 2.11. The number of carbonyl (C=O) groups is 3. The van der Waals surface area contributed by atoms with Crippen LogP contribution in [0.3, 0.4) is 0 Å². The normalized spacial score (nSPS) is 21.0. The number of benzene rings is 1. The highest BCUT2D eigenvalue weighted by Gasteiger charge is 2.30. The lowest BCUT2D eigenvalue weighted by Crippen LogP contribution is -2.45. The van der Waals surface area contributed by atoms with Gasteiger partial charge in [-0.3, -0.25) is 19.7 Å².